The van der Waals surface area contributed by atoms with Crippen LogP contribution in [-0.2, 0) is 4.79 Å². The van der Waals surface area contributed by atoms with Gasteiger partial charge < -0.3 is 5.11 Å². The summed E-state index contributed by atoms with van der Waals surface area (Å²) >= 11 is 0. The van der Waals surface area contributed by atoms with Gasteiger partial charge in [-0.3, -0.25) is 9.69 Å². The van der Waals surface area contributed by atoms with Crippen LogP contribution in [0.3, 0.4) is 0 Å². The molecule has 0 spiro atoms. The molecule has 1 N–H and O–H groups in total. The fraction of sp³-hybridized carbons (Fsp3) is 0.0417. The molecule has 0 bridgehead atoms. The highest BCUT2D eigenvalue weighted by Gasteiger charge is 2.32. The number of halogens is 1. The largest absolute Gasteiger partial charge is 0.478 e. The van der Waals surface area contributed by atoms with Crippen LogP contribution < -0.4 is 4.90 Å². The van der Waals surface area contributed by atoms with Crippen molar-refractivity contribution in [2.75, 3.05) is 4.90 Å². The smallest absolute Gasteiger partial charge is 0.335 e. The van der Waals surface area contributed by atoms with Crippen molar-refractivity contribution in [3.8, 4) is 0 Å². The number of nitrogens with zero attached hydrogens (tertiary/aromatic N) is 2. The molecular formula is C24H17FN2O3. The van der Waals surface area contributed by atoms with Gasteiger partial charge in [-0.2, -0.15) is 0 Å². The van der Waals surface area contributed by atoms with Crippen LogP contribution in [0.4, 0.5) is 10.1 Å². The minimum atomic E-state index is -1.02. The minimum Gasteiger partial charge on any atom is -0.478 e. The van der Waals surface area contributed by atoms with Gasteiger partial charge in [0.15, 0.2) is 0 Å². The van der Waals surface area contributed by atoms with Crippen LogP contribution in [0.15, 0.2) is 83.5 Å². The average Bonchev–Trinajstić information content (AvgIpc) is 3.06. The molecule has 0 aromatic heterocycles. The van der Waals surface area contributed by atoms with E-state index in [2.05, 4.69) is 4.99 Å². The quantitative estimate of drug-likeness (QED) is 0.647. The van der Waals surface area contributed by atoms with Gasteiger partial charge >= 0.3 is 5.97 Å². The molecule has 1 aliphatic rings. The number of amidine groups is 1. The maximum absolute atomic E-state index is 13.4. The number of aromatic carboxylic acids is 1. The lowest BCUT2D eigenvalue weighted by molar-refractivity contribution is -0.113. The van der Waals surface area contributed by atoms with Gasteiger partial charge in [-0.25, -0.2) is 14.2 Å². The van der Waals surface area contributed by atoms with Gasteiger partial charge in [0.2, 0.25) is 0 Å². The first-order valence-corrected chi connectivity index (χ1v) is 9.23. The molecule has 3 aromatic carbocycles. The third kappa shape index (κ3) is 3.75. The summed E-state index contributed by atoms with van der Waals surface area (Å²) in [5, 5.41) is 9.04. The standard InChI is InChI=1S/C24H17FN2O3/c1-15-2-12-20(13-3-15)27-22(17-8-10-19(25)11-9-17)26-21(23(27)28)14-16-4-6-18(7-5-16)24(29)30/h2-14H,1H3,(H,29,30)/b21-14+. The number of hydrogen-bond donors (Lipinski definition) is 1. The molecule has 5 nitrogen and oxygen atoms in total. The van der Waals surface area contributed by atoms with Crippen LogP contribution in [0.1, 0.15) is 27.0 Å². The molecule has 1 aliphatic heterocycles. The highest BCUT2D eigenvalue weighted by atomic mass is 19.1. The molecule has 0 saturated carbocycles. The Morgan fingerprint density at radius 2 is 1.60 bits per heavy atom. The van der Waals surface area contributed by atoms with Crippen LogP contribution >= 0.6 is 0 Å². The Bertz CT molecular complexity index is 1180. The zero-order valence-electron chi connectivity index (χ0n) is 16.0. The summed E-state index contributed by atoms with van der Waals surface area (Å²) < 4.78 is 13.4. The molecule has 0 radical (unpaired) electrons. The van der Waals surface area contributed by atoms with E-state index in [-0.39, 0.29) is 23.0 Å². The van der Waals surface area contributed by atoms with E-state index in [1.54, 1.807) is 30.3 Å². The summed E-state index contributed by atoms with van der Waals surface area (Å²) in [6.07, 6.45) is 1.60. The Balaban J connectivity index is 1.78. The highest BCUT2D eigenvalue weighted by molar-refractivity contribution is 6.33. The Hall–Kier alpha value is -4.06. The average molecular weight is 400 g/mol. The molecule has 1 amide bonds. The Morgan fingerprint density at radius 3 is 2.20 bits per heavy atom. The van der Waals surface area contributed by atoms with Gasteiger partial charge in [-0.1, -0.05) is 29.8 Å². The van der Waals surface area contributed by atoms with Crippen molar-refractivity contribution < 1.29 is 19.1 Å². The number of amides is 1. The van der Waals surface area contributed by atoms with Crippen molar-refractivity contribution >= 4 is 29.5 Å². The molecule has 0 aliphatic carbocycles. The number of carbonyl (C=O) groups excluding carboxylic acids is 1. The molecule has 4 rings (SSSR count). The van der Waals surface area contributed by atoms with Gasteiger partial charge in [0.05, 0.1) is 11.3 Å². The van der Waals surface area contributed by atoms with Crippen molar-refractivity contribution in [2.45, 2.75) is 6.92 Å². The monoisotopic (exact) mass is 400 g/mol. The maximum Gasteiger partial charge on any atom is 0.335 e. The Morgan fingerprint density at radius 1 is 0.967 bits per heavy atom. The SMILES string of the molecule is Cc1ccc(N2C(=O)/C(=C\c3ccc(C(=O)O)cc3)N=C2c2ccc(F)cc2)cc1. The first-order chi connectivity index (χ1) is 14.4. The molecule has 0 atom stereocenters. The molecule has 0 fully saturated rings. The van der Waals surface area contributed by atoms with Gasteiger partial charge in [0.25, 0.3) is 5.91 Å². The highest BCUT2D eigenvalue weighted by Crippen LogP contribution is 2.28. The number of rotatable bonds is 4. The number of aryl methyl sites for hydroxylation is 1. The molecule has 30 heavy (non-hydrogen) atoms. The number of carboxylic acid groups (broad SMARTS) is 1. The van der Waals surface area contributed by atoms with E-state index in [0.29, 0.717) is 22.6 Å². The summed E-state index contributed by atoms with van der Waals surface area (Å²) in [7, 11) is 0. The normalized spacial score (nSPS) is 14.9. The molecule has 148 valence electrons. The molecule has 3 aromatic rings. The van der Waals surface area contributed by atoms with Crippen LogP contribution in [0.25, 0.3) is 6.08 Å². The van der Waals surface area contributed by atoms with E-state index in [1.807, 2.05) is 31.2 Å². The van der Waals surface area contributed by atoms with Crippen LogP contribution in [-0.4, -0.2) is 22.8 Å². The van der Waals surface area contributed by atoms with Gasteiger partial charge in [-0.05, 0) is 67.1 Å². The topological polar surface area (TPSA) is 70.0 Å². The lowest BCUT2D eigenvalue weighted by Crippen LogP contribution is -2.32. The van der Waals surface area contributed by atoms with Crippen molar-refractivity contribution in [2.24, 2.45) is 4.99 Å². The summed E-state index contributed by atoms with van der Waals surface area (Å²) in [5.74, 6) is -1.31. The number of anilines is 1. The molecule has 0 saturated heterocycles. The molecule has 6 heteroatoms. The number of benzene rings is 3. The number of carboxylic acids is 1. The predicted octanol–water partition coefficient (Wildman–Crippen LogP) is 4.67. The summed E-state index contributed by atoms with van der Waals surface area (Å²) in [4.78, 5) is 30.2. The zero-order chi connectivity index (χ0) is 21.3. The van der Waals surface area contributed by atoms with E-state index in [0.717, 1.165) is 5.56 Å². The van der Waals surface area contributed by atoms with Gasteiger partial charge in [0, 0.05) is 5.56 Å². The van der Waals surface area contributed by atoms with Crippen LogP contribution in [0, 0.1) is 12.7 Å². The Labute approximate surface area is 172 Å². The van der Waals surface area contributed by atoms with Crippen molar-refractivity contribution in [1.29, 1.82) is 0 Å². The molecule has 1 heterocycles. The maximum atomic E-state index is 13.4. The second kappa shape index (κ2) is 7.75. The lowest BCUT2D eigenvalue weighted by atomic mass is 10.1. The van der Waals surface area contributed by atoms with E-state index < -0.39 is 5.97 Å². The summed E-state index contributed by atoms with van der Waals surface area (Å²) in [6, 6.07) is 19.4. The minimum absolute atomic E-state index is 0.159. The molecule has 0 unspecified atom stereocenters. The fourth-order valence-corrected chi connectivity index (χ4v) is 3.12. The van der Waals surface area contributed by atoms with E-state index in [9.17, 15) is 14.0 Å². The van der Waals surface area contributed by atoms with E-state index in [4.69, 9.17) is 5.11 Å². The van der Waals surface area contributed by atoms with Crippen LogP contribution in [0.5, 0.6) is 0 Å². The number of hydrogen-bond acceptors (Lipinski definition) is 3. The summed E-state index contributed by atoms with van der Waals surface area (Å²) in [5.41, 5.74) is 3.33. The second-order valence-electron chi connectivity index (χ2n) is 6.88. The zero-order valence-corrected chi connectivity index (χ0v) is 16.0. The van der Waals surface area contributed by atoms with E-state index in [1.165, 1.54) is 29.2 Å². The Kier molecular flexibility index (Phi) is 4.98. The predicted molar refractivity (Wildman–Crippen MR) is 113 cm³/mol. The molecular weight excluding hydrogens is 383 g/mol. The first-order valence-electron chi connectivity index (χ1n) is 9.23. The van der Waals surface area contributed by atoms with Gasteiger partial charge in [0.1, 0.15) is 17.3 Å². The summed E-state index contributed by atoms with van der Waals surface area (Å²) in [6.45, 7) is 1.96. The number of aliphatic imine (C=N–C) groups is 1. The first kappa shape index (κ1) is 19.3. The van der Waals surface area contributed by atoms with Crippen molar-refractivity contribution in [3.63, 3.8) is 0 Å². The van der Waals surface area contributed by atoms with E-state index >= 15 is 0 Å². The van der Waals surface area contributed by atoms with Crippen molar-refractivity contribution in [1.82, 2.24) is 0 Å². The van der Waals surface area contributed by atoms with Gasteiger partial charge in [-0.15, -0.1) is 0 Å². The fourth-order valence-electron chi connectivity index (χ4n) is 3.12. The third-order valence-electron chi connectivity index (χ3n) is 4.72. The van der Waals surface area contributed by atoms with Crippen molar-refractivity contribution in [3.05, 3.63) is 107 Å². The third-order valence-corrected chi connectivity index (χ3v) is 4.72. The van der Waals surface area contributed by atoms with Crippen LogP contribution in [0.2, 0.25) is 0 Å². The number of carbonyl (C=O) groups is 2. The lowest BCUT2D eigenvalue weighted by Gasteiger charge is -2.18. The second-order valence-corrected chi connectivity index (χ2v) is 6.88.